The monoisotopic (exact) mass is 667 g/mol. The number of benzene rings is 3. The summed E-state index contributed by atoms with van der Waals surface area (Å²) in [4.78, 5) is 21.3. The van der Waals surface area contributed by atoms with Gasteiger partial charge in [-0.2, -0.15) is 5.26 Å². The Balaban J connectivity index is 1.43. The molecule has 2 bridgehead atoms. The number of phenolic OH excluding ortho intramolecular Hbond substituents is 2. The number of carbonyl (C=O) groups excluding carboxylic acids is 1. The van der Waals surface area contributed by atoms with Crippen LogP contribution < -0.4 is 24.3 Å². The van der Waals surface area contributed by atoms with E-state index in [-0.39, 0.29) is 35.7 Å². The number of phenols is 2. The van der Waals surface area contributed by atoms with Gasteiger partial charge in [0.05, 0.1) is 46.6 Å². The number of ether oxygens (including phenoxy) is 4. The Labute approximate surface area is 284 Å². The second kappa shape index (κ2) is 12.1. The zero-order valence-corrected chi connectivity index (χ0v) is 28.7. The molecule has 1 amide bonds. The average Bonchev–Trinajstić information content (AvgIpc) is 3.58. The third-order valence-electron chi connectivity index (χ3n) is 11.0. The summed E-state index contributed by atoms with van der Waals surface area (Å²) in [5.41, 5.74) is 5.52. The number of H-pyrrole nitrogens is 1. The predicted molar refractivity (Wildman–Crippen MR) is 182 cm³/mol. The van der Waals surface area contributed by atoms with Gasteiger partial charge in [0.1, 0.15) is 17.5 Å². The van der Waals surface area contributed by atoms with Gasteiger partial charge in [0, 0.05) is 74.7 Å². The highest BCUT2D eigenvalue weighted by molar-refractivity contribution is 6.06. The fourth-order valence-corrected chi connectivity index (χ4v) is 8.98. The molecule has 1 fully saturated rings. The van der Waals surface area contributed by atoms with E-state index in [2.05, 4.69) is 26.2 Å². The van der Waals surface area contributed by atoms with E-state index in [0.29, 0.717) is 57.9 Å². The normalized spacial score (nSPS) is 22.8. The highest BCUT2D eigenvalue weighted by atomic mass is 16.5. The Morgan fingerprint density at radius 3 is 2.12 bits per heavy atom. The molecule has 12 nitrogen and oxygen atoms in total. The van der Waals surface area contributed by atoms with Crippen LogP contribution in [0.5, 0.6) is 34.5 Å². The van der Waals surface area contributed by atoms with Crippen LogP contribution in [-0.2, 0) is 12.8 Å². The van der Waals surface area contributed by atoms with E-state index in [1.54, 1.807) is 26.5 Å². The molecule has 4 aromatic rings. The van der Waals surface area contributed by atoms with Crippen molar-refractivity contribution in [2.75, 3.05) is 42.0 Å². The number of likely N-dealkylation sites (N-methyl/N-ethyl adjacent to an activating group) is 1. The summed E-state index contributed by atoms with van der Waals surface area (Å²) >= 11 is 0. The van der Waals surface area contributed by atoms with Crippen LogP contribution in [0.4, 0.5) is 0 Å². The Hall–Kier alpha value is -5.12. The van der Waals surface area contributed by atoms with Crippen molar-refractivity contribution < 1.29 is 34.0 Å². The summed E-state index contributed by atoms with van der Waals surface area (Å²) < 4.78 is 23.3. The van der Waals surface area contributed by atoms with E-state index in [1.165, 1.54) is 14.2 Å². The standard InChI is InChI=1S/C37H41N5O7/c1-17-33(46-4)21-14-25-30-29-22(34(47-5)18(2)36(49-7)32(29)44)13-24(41(30)3)26(15-38)42(25)27(28(21)31(43)35(17)48-6)16-40-37(45)20-9-8-10-23-19(20)11-12-39-23/h8-12,24-27,30,39,43-44H,13-14,16H2,1-7H3,(H,40,45)/t24-,25-,26-,27-,30-/m0/s1. The van der Waals surface area contributed by atoms with Gasteiger partial charge in [0.15, 0.2) is 23.0 Å². The van der Waals surface area contributed by atoms with Crippen molar-refractivity contribution in [3.8, 4) is 40.6 Å². The minimum Gasteiger partial charge on any atom is -0.504 e. The molecule has 0 aliphatic carbocycles. The summed E-state index contributed by atoms with van der Waals surface area (Å²) in [5, 5.41) is 38.6. The number of fused-ring (bicyclic) bond motifs is 8. The largest absolute Gasteiger partial charge is 0.504 e. The van der Waals surface area contributed by atoms with Gasteiger partial charge < -0.3 is 39.5 Å². The van der Waals surface area contributed by atoms with Crippen molar-refractivity contribution in [3.63, 3.8) is 0 Å². The number of hydrogen-bond acceptors (Lipinski definition) is 10. The highest BCUT2D eigenvalue weighted by Crippen LogP contribution is 2.58. The van der Waals surface area contributed by atoms with Gasteiger partial charge in [-0.25, -0.2) is 0 Å². The topological polar surface area (TPSA) is 153 Å². The summed E-state index contributed by atoms with van der Waals surface area (Å²) in [6.45, 7) is 3.76. The van der Waals surface area contributed by atoms with Crippen LogP contribution in [0.15, 0.2) is 30.5 Å². The molecule has 3 aliphatic heterocycles. The van der Waals surface area contributed by atoms with Crippen molar-refractivity contribution in [1.29, 1.82) is 5.26 Å². The molecular formula is C37H41N5O7. The molecule has 3 aliphatic rings. The fourth-order valence-electron chi connectivity index (χ4n) is 8.98. The lowest BCUT2D eigenvalue weighted by Gasteiger charge is -2.60. The Morgan fingerprint density at radius 2 is 1.51 bits per heavy atom. The van der Waals surface area contributed by atoms with Gasteiger partial charge in [0.25, 0.3) is 5.91 Å². The highest BCUT2D eigenvalue weighted by Gasteiger charge is 2.57. The van der Waals surface area contributed by atoms with Crippen LogP contribution in [0.3, 0.4) is 0 Å². The van der Waals surface area contributed by atoms with Crippen LogP contribution in [-0.4, -0.2) is 91.1 Å². The first kappa shape index (κ1) is 32.4. The predicted octanol–water partition coefficient (Wildman–Crippen LogP) is 4.43. The number of aromatic hydroxyl groups is 2. The number of aromatic amines is 1. The molecule has 256 valence electrons. The van der Waals surface area contributed by atoms with E-state index >= 15 is 0 Å². The third kappa shape index (κ3) is 4.52. The SMILES string of the molecule is COc1c(C)c(OC)c2c(c1O)[C@@H]1[C@@H]3Cc4c(OC)c(C)c(OC)c(O)c4[C@H](CNC(=O)c4cccc5[nH]ccc45)N3[C@@H](C#N)[C@H](C2)N1C. The van der Waals surface area contributed by atoms with Gasteiger partial charge in [-0.15, -0.1) is 0 Å². The maximum absolute atomic E-state index is 13.8. The molecule has 0 spiro atoms. The first-order valence-corrected chi connectivity index (χ1v) is 16.3. The Kier molecular flexibility index (Phi) is 8.00. The van der Waals surface area contributed by atoms with Gasteiger partial charge in [-0.3, -0.25) is 14.6 Å². The summed E-state index contributed by atoms with van der Waals surface area (Å²) in [5.74, 6) is 1.52. The fraction of sp³-hybridized carbons (Fsp3) is 0.405. The first-order valence-electron chi connectivity index (χ1n) is 16.3. The number of nitrogens with one attached hydrogen (secondary N) is 2. The smallest absolute Gasteiger partial charge is 0.252 e. The number of nitriles is 1. The molecule has 7 rings (SSSR count). The van der Waals surface area contributed by atoms with Crippen molar-refractivity contribution in [2.45, 2.75) is 56.9 Å². The lowest BCUT2D eigenvalue weighted by Crippen LogP contribution is -2.68. The number of methoxy groups -OCH3 is 4. The molecule has 0 radical (unpaired) electrons. The van der Waals surface area contributed by atoms with Crippen LogP contribution >= 0.6 is 0 Å². The van der Waals surface area contributed by atoms with Crippen molar-refractivity contribution in [3.05, 3.63) is 69.4 Å². The third-order valence-corrected chi connectivity index (χ3v) is 11.0. The molecule has 1 saturated heterocycles. The van der Waals surface area contributed by atoms with Gasteiger partial charge in [-0.05, 0) is 51.9 Å². The minimum absolute atomic E-state index is 0.0393. The van der Waals surface area contributed by atoms with E-state index in [1.807, 2.05) is 39.1 Å². The number of piperazine rings is 1. The number of aromatic nitrogens is 1. The Morgan fingerprint density at radius 1 is 0.918 bits per heavy atom. The number of rotatable bonds is 7. The van der Waals surface area contributed by atoms with Crippen molar-refractivity contribution >= 4 is 16.8 Å². The molecular weight excluding hydrogens is 626 g/mol. The van der Waals surface area contributed by atoms with Crippen molar-refractivity contribution in [1.82, 2.24) is 20.1 Å². The van der Waals surface area contributed by atoms with Crippen LogP contribution in [0.25, 0.3) is 10.9 Å². The van der Waals surface area contributed by atoms with E-state index in [9.17, 15) is 20.3 Å². The van der Waals surface area contributed by atoms with Crippen LogP contribution in [0.1, 0.15) is 55.8 Å². The zero-order valence-electron chi connectivity index (χ0n) is 28.7. The number of nitrogens with zero attached hydrogens (tertiary/aromatic N) is 3. The summed E-state index contributed by atoms with van der Waals surface area (Å²) in [7, 11) is 8.19. The molecule has 0 saturated carbocycles. The van der Waals surface area contributed by atoms with E-state index in [4.69, 9.17) is 18.9 Å². The van der Waals surface area contributed by atoms with Gasteiger partial charge in [-0.1, -0.05) is 6.07 Å². The zero-order chi connectivity index (χ0) is 34.9. The maximum atomic E-state index is 13.8. The van der Waals surface area contributed by atoms with E-state index in [0.717, 1.165) is 22.0 Å². The van der Waals surface area contributed by atoms with Crippen LogP contribution in [0, 0.1) is 25.2 Å². The van der Waals surface area contributed by atoms with E-state index < -0.39 is 24.2 Å². The molecule has 0 unspecified atom stereocenters. The number of carbonyl (C=O) groups is 1. The molecule has 12 heteroatoms. The molecule has 5 atom stereocenters. The minimum atomic E-state index is -0.659. The molecule has 4 N–H and O–H groups in total. The van der Waals surface area contributed by atoms with Gasteiger partial charge >= 0.3 is 0 Å². The quantitative estimate of drug-likeness (QED) is 0.223. The molecule has 49 heavy (non-hydrogen) atoms. The lowest BCUT2D eigenvalue weighted by atomic mass is 9.71. The molecule has 3 aromatic carbocycles. The van der Waals surface area contributed by atoms with Gasteiger partial charge in [0.2, 0.25) is 0 Å². The summed E-state index contributed by atoms with van der Waals surface area (Å²) in [6, 6.07) is 7.55. The molecule has 1 aromatic heterocycles. The second-order valence-electron chi connectivity index (χ2n) is 13.0. The Bertz CT molecular complexity index is 2030. The maximum Gasteiger partial charge on any atom is 0.252 e. The van der Waals surface area contributed by atoms with Crippen molar-refractivity contribution in [2.24, 2.45) is 0 Å². The summed E-state index contributed by atoms with van der Waals surface area (Å²) in [6.07, 6.45) is 2.60. The lowest BCUT2D eigenvalue weighted by molar-refractivity contribution is -0.0724. The second-order valence-corrected chi connectivity index (χ2v) is 13.0. The van der Waals surface area contributed by atoms with Crippen LogP contribution in [0.2, 0.25) is 0 Å². The number of amides is 1. The molecule has 4 heterocycles. The average molecular weight is 668 g/mol. The first-order chi connectivity index (χ1) is 23.6. The number of hydrogen-bond donors (Lipinski definition) is 4.